The highest BCUT2D eigenvalue weighted by atomic mass is 32.1. The number of anilines is 2. The molecule has 2 aromatic heterocycles. The molecule has 9 heteroatoms. The first-order valence-electron chi connectivity index (χ1n) is 8.63. The standard InChI is InChI=1S/C18H20N6O2S/c1-11-3-5-13(6-4-11)19-18-20-14(10-27-18)7-23-9-16-22-21-12(2)24(16)8-15(23)17(25)26/h3-6,10,15H,7-9H2,1-2H3,(H,19,20)(H,25,26). The van der Waals surface area contributed by atoms with Crippen molar-refractivity contribution in [2.45, 2.75) is 39.5 Å². The first-order chi connectivity index (χ1) is 13.0. The highest BCUT2D eigenvalue weighted by Crippen LogP contribution is 2.25. The highest BCUT2D eigenvalue weighted by molar-refractivity contribution is 7.13. The predicted molar refractivity (Wildman–Crippen MR) is 102 cm³/mol. The zero-order valence-electron chi connectivity index (χ0n) is 15.1. The van der Waals surface area contributed by atoms with Crippen molar-refractivity contribution in [2.75, 3.05) is 5.32 Å². The van der Waals surface area contributed by atoms with E-state index in [-0.39, 0.29) is 0 Å². The molecule has 1 aromatic carbocycles. The Morgan fingerprint density at radius 3 is 2.81 bits per heavy atom. The molecular formula is C18H20N6O2S. The van der Waals surface area contributed by atoms with Crippen LogP contribution in [0.5, 0.6) is 0 Å². The third kappa shape index (κ3) is 3.69. The van der Waals surface area contributed by atoms with E-state index in [1.165, 1.54) is 16.9 Å². The summed E-state index contributed by atoms with van der Waals surface area (Å²) in [6, 6.07) is 7.48. The van der Waals surface area contributed by atoms with E-state index >= 15 is 0 Å². The van der Waals surface area contributed by atoms with Gasteiger partial charge in [0.25, 0.3) is 0 Å². The van der Waals surface area contributed by atoms with Crippen LogP contribution >= 0.6 is 11.3 Å². The van der Waals surface area contributed by atoms with Crippen LogP contribution < -0.4 is 5.32 Å². The number of hydrogen-bond donors (Lipinski definition) is 2. The van der Waals surface area contributed by atoms with Crippen molar-refractivity contribution in [3.63, 3.8) is 0 Å². The highest BCUT2D eigenvalue weighted by Gasteiger charge is 2.33. The summed E-state index contributed by atoms with van der Waals surface area (Å²) in [6.07, 6.45) is 0. The number of benzene rings is 1. The lowest BCUT2D eigenvalue weighted by Crippen LogP contribution is -2.47. The Hall–Kier alpha value is -2.78. The van der Waals surface area contributed by atoms with E-state index in [1.807, 2.05) is 53.0 Å². The number of carboxylic acids is 1. The Labute approximate surface area is 160 Å². The second kappa shape index (κ2) is 7.09. The van der Waals surface area contributed by atoms with Crippen LogP contribution in [0.2, 0.25) is 0 Å². The second-order valence-corrected chi connectivity index (χ2v) is 7.53. The lowest BCUT2D eigenvalue weighted by Gasteiger charge is -2.32. The van der Waals surface area contributed by atoms with E-state index < -0.39 is 12.0 Å². The van der Waals surface area contributed by atoms with Crippen LogP contribution in [0, 0.1) is 13.8 Å². The molecule has 0 radical (unpaired) electrons. The monoisotopic (exact) mass is 384 g/mol. The average Bonchev–Trinajstić information content (AvgIpc) is 3.23. The van der Waals surface area contributed by atoms with Crippen LogP contribution in [0.3, 0.4) is 0 Å². The number of fused-ring (bicyclic) bond motifs is 1. The number of nitrogens with zero attached hydrogens (tertiary/aromatic N) is 5. The average molecular weight is 384 g/mol. The van der Waals surface area contributed by atoms with Crippen molar-refractivity contribution in [1.29, 1.82) is 0 Å². The Kier molecular flexibility index (Phi) is 4.63. The van der Waals surface area contributed by atoms with Gasteiger partial charge in [0.15, 0.2) is 5.13 Å². The number of aliphatic carboxylic acids is 1. The Morgan fingerprint density at radius 2 is 2.07 bits per heavy atom. The lowest BCUT2D eigenvalue weighted by atomic mass is 10.2. The van der Waals surface area contributed by atoms with Crippen LogP contribution in [0.15, 0.2) is 29.6 Å². The fourth-order valence-electron chi connectivity index (χ4n) is 3.17. The second-order valence-electron chi connectivity index (χ2n) is 6.67. The van der Waals surface area contributed by atoms with Gasteiger partial charge in [0.05, 0.1) is 18.8 Å². The Balaban J connectivity index is 1.49. The van der Waals surface area contributed by atoms with Crippen molar-refractivity contribution in [3.8, 4) is 0 Å². The van der Waals surface area contributed by atoms with Crippen LogP contribution in [-0.2, 0) is 24.4 Å². The summed E-state index contributed by atoms with van der Waals surface area (Å²) in [4.78, 5) is 18.2. The first kappa shape index (κ1) is 17.6. The molecule has 0 aliphatic carbocycles. The number of thiazole rings is 1. The Morgan fingerprint density at radius 1 is 1.30 bits per heavy atom. The minimum atomic E-state index is -0.845. The number of aryl methyl sites for hydroxylation is 2. The molecule has 3 heterocycles. The van der Waals surface area contributed by atoms with E-state index in [0.29, 0.717) is 19.6 Å². The van der Waals surface area contributed by atoms with Crippen LogP contribution in [0.25, 0.3) is 0 Å². The summed E-state index contributed by atoms with van der Waals surface area (Å²) in [5.74, 6) is 0.689. The first-order valence-corrected chi connectivity index (χ1v) is 9.51. The number of hydrogen-bond acceptors (Lipinski definition) is 7. The van der Waals surface area contributed by atoms with E-state index in [1.54, 1.807) is 0 Å². The number of carboxylic acid groups (broad SMARTS) is 1. The molecule has 140 valence electrons. The molecule has 2 N–H and O–H groups in total. The van der Waals surface area contributed by atoms with Gasteiger partial charge in [-0.3, -0.25) is 9.69 Å². The molecule has 1 aliphatic rings. The van der Waals surface area contributed by atoms with Crippen molar-refractivity contribution in [1.82, 2.24) is 24.6 Å². The van der Waals surface area contributed by atoms with Crippen LogP contribution in [0.1, 0.15) is 22.9 Å². The third-order valence-corrected chi connectivity index (χ3v) is 5.46. The van der Waals surface area contributed by atoms with Gasteiger partial charge in [0, 0.05) is 17.6 Å². The van der Waals surface area contributed by atoms with Gasteiger partial charge >= 0.3 is 5.97 Å². The zero-order chi connectivity index (χ0) is 19.0. The maximum absolute atomic E-state index is 11.7. The normalized spacial score (nSPS) is 16.9. The largest absolute Gasteiger partial charge is 0.480 e. The van der Waals surface area contributed by atoms with Gasteiger partial charge in [-0.25, -0.2) is 4.98 Å². The summed E-state index contributed by atoms with van der Waals surface area (Å²) in [5.41, 5.74) is 3.02. The maximum atomic E-state index is 11.7. The van der Waals surface area contributed by atoms with Gasteiger partial charge in [-0.2, -0.15) is 0 Å². The third-order valence-electron chi connectivity index (χ3n) is 4.66. The fraction of sp³-hybridized carbons (Fsp3) is 0.333. The molecule has 1 aliphatic heterocycles. The van der Waals surface area contributed by atoms with E-state index in [2.05, 4.69) is 20.5 Å². The topological polar surface area (TPSA) is 96.2 Å². The minimum absolute atomic E-state index is 0.349. The molecule has 1 unspecified atom stereocenters. The summed E-state index contributed by atoms with van der Waals surface area (Å²) in [6.45, 7) is 5.13. The minimum Gasteiger partial charge on any atom is -0.480 e. The molecular weight excluding hydrogens is 364 g/mol. The molecule has 0 fully saturated rings. The fourth-order valence-corrected chi connectivity index (χ4v) is 3.89. The van der Waals surface area contributed by atoms with Gasteiger partial charge in [0.1, 0.15) is 17.7 Å². The van der Waals surface area contributed by atoms with Gasteiger partial charge in [0.2, 0.25) is 0 Å². The SMILES string of the molecule is Cc1ccc(Nc2nc(CN3Cc4nnc(C)n4CC3C(=O)O)cs2)cc1. The number of rotatable bonds is 5. The molecule has 3 aromatic rings. The molecule has 0 bridgehead atoms. The predicted octanol–water partition coefficient (Wildman–Crippen LogP) is 2.56. The Bertz CT molecular complexity index is 965. The van der Waals surface area contributed by atoms with E-state index in [0.717, 1.165) is 28.2 Å². The van der Waals surface area contributed by atoms with Crippen molar-refractivity contribution in [3.05, 3.63) is 52.6 Å². The maximum Gasteiger partial charge on any atom is 0.322 e. The molecule has 0 amide bonds. The smallest absolute Gasteiger partial charge is 0.322 e. The van der Waals surface area contributed by atoms with Gasteiger partial charge in [-0.15, -0.1) is 21.5 Å². The van der Waals surface area contributed by atoms with Crippen molar-refractivity contribution < 1.29 is 9.90 Å². The van der Waals surface area contributed by atoms with Crippen LogP contribution in [-0.4, -0.2) is 41.8 Å². The van der Waals surface area contributed by atoms with Crippen molar-refractivity contribution >= 4 is 28.1 Å². The van der Waals surface area contributed by atoms with Crippen molar-refractivity contribution in [2.24, 2.45) is 0 Å². The number of aromatic nitrogens is 4. The summed E-state index contributed by atoms with van der Waals surface area (Å²) in [7, 11) is 0. The molecule has 0 saturated heterocycles. The van der Waals surface area contributed by atoms with Gasteiger partial charge in [-0.05, 0) is 26.0 Å². The summed E-state index contributed by atoms with van der Waals surface area (Å²) in [5, 5.41) is 23.9. The molecule has 0 spiro atoms. The number of carbonyl (C=O) groups is 1. The summed E-state index contributed by atoms with van der Waals surface area (Å²) >= 11 is 1.51. The van der Waals surface area contributed by atoms with Crippen LogP contribution in [0.4, 0.5) is 10.8 Å². The van der Waals surface area contributed by atoms with Gasteiger partial charge in [-0.1, -0.05) is 17.7 Å². The van der Waals surface area contributed by atoms with E-state index in [4.69, 9.17) is 0 Å². The molecule has 4 rings (SSSR count). The van der Waals surface area contributed by atoms with E-state index in [9.17, 15) is 9.90 Å². The molecule has 27 heavy (non-hydrogen) atoms. The molecule has 0 saturated carbocycles. The molecule has 8 nitrogen and oxygen atoms in total. The lowest BCUT2D eigenvalue weighted by molar-refractivity contribution is -0.145. The number of nitrogens with one attached hydrogen (secondary N) is 1. The molecule has 1 atom stereocenters. The zero-order valence-corrected chi connectivity index (χ0v) is 15.9. The van der Waals surface area contributed by atoms with Gasteiger partial charge < -0.3 is 15.0 Å². The summed E-state index contributed by atoms with van der Waals surface area (Å²) < 4.78 is 1.88. The quantitative estimate of drug-likeness (QED) is 0.698.